The molecule has 0 spiro atoms. The summed E-state index contributed by atoms with van der Waals surface area (Å²) in [7, 11) is -3.22. The largest absolute Gasteiger partial charge is 0.279 e. The lowest BCUT2D eigenvalue weighted by atomic mass is 10.2. The molecular formula is C10H21BrN2O2S. The van der Waals surface area contributed by atoms with E-state index in [9.17, 15) is 8.42 Å². The van der Waals surface area contributed by atoms with Gasteiger partial charge in [0.25, 0.3) is 10.2 Å². The summed E-state index contributed by atoms with van der Waals surface area (Å²) in [5.41, 5.74) is 0. The molecule has 0 radical (unpaired) electrons. The number of halogens is 1. The van der Waals surface area contributed by atoms with Crippen LogP contribution in [0.4, 0.5) is 0 Å². The first-order chi connectivity index (χ1) is 7.56. The van der Waals surface area contributed by atoms with Crippen molar-refractivity contribution in [1.82, 2.24) is 9.03 Å². The van der Waals surface area contributed by atoms with Crippen molar-refractivity contribution in [2.45, 2.75) is 43.9 Å². The van der Waals surface area contributed by atoms with Crippen molar-refractivity contribution in [3.05, 3.63) is 0 Å². The maximum absolute atomic E-state index is 11.9. The summed E-state index contributed by atoms with van der Waals surface area (Å²) in [5.74, 6) is 0. The van der Waals surface area contributed by atoms with E-state index in [1.54, 1.807) is 4.31 Å². The van der Waals surface area contributed by atoms with Crippen molar-refractivity contribution in [3.63, 3.8) is 0 Å². The highest BCUT2D eigenvalue weighted by Crippen LogP contribution is 2.12. The molecule has 0 aromatic carbocycles. The Hall–Kier alpha value is 0.350. The van der Waals surface area contributed by atoms with Crippen molar-refractivity contribution in [2.24, 2.45) is 0 Å². The van der Waals surface area contributed by atoms with Gasteiger partial charge >= 0.3 is 0 Å². The molecule has 6 heteroatoms. The van der Waals surface area contributed by atoms with Gasteiger partial charge in [-0.2, -0.15) is 12.7 Å². The number of nitrogens with one attached hydrogen (secondary N) is 1. The van der Waals surface area contributed by atoms with Gasteiger partial charge in [0, 0.05) is 24.5 Å². The second kappa shape index (κ2) is 6.93. The Kier molecular flexibility index (Phi) is 6.25. The van der Waals surface area contributed by atoms with E-state index in [1.807, 2.05) is 0 Å². The van der Waals surface area contributed by atoms with Crippen LogP contribution >= 0.6 is 15.9 Å². The minimum atomic E-state index is -3.22. The van der Waals surface area contributed by atoms with E-state index in [2.05, 4.69) is 27.6 Å². The predicted octanol–water partition coefficient (Wildman–Crippen LogP) is 1.87. The first kappa shape index (κ1) is 14.4. The summed E-state index contributed by atoms with van der Waals surface area (Å²) in [5, 5.41) is 0. The van der Waals surface area contributed by atoms with Crippen molar-refractivity contribution >= 4 is 26.1 Å². The van der Waals surface area contributed by atoms with E-state index in [0.717, 1.165) is 32.1 Å². The van der Waals surface area contributed by atoms with Gasteiger partial charge in [-0.1, -0.05) is 29.3 Å². The third kappa shape index (κ3) is 4.69. The molecule has 1 saturated heterocycles. The molecule has 1 heterocycles. The first-order valence-corrected chi connectivity index (χ1v) is 8.30. The van der Waals surface area contributed by atoms with Crippen LogP contribution in [0.1, 0.15) is 39.0 Å². The molecule has 1 atom stereocenters. The van der Waals surface area contributed by atoms with Crippen LogP contribution in [-0.2, 0) is 10.2 Å². The number of alkyl halides is 1. The highest BCUT2D eigenvalue weighted by molar-refractivity contribution is 9.09. The van der Waals surface area contributed by atoms with Crippen LogP contribution in [0.2, 0.25) is 0 Å². The molecule has 0 saturated carbocycles. The van der Waals surface area contributed by atoms with Crippen molar-refractivity contribution in [3.8, 4) is 0 Å². The molecule has 1 rings (SSSR count). The summed E-state index contributed by atoms with van der Waals surface area (Å²) in [6, 6.07) is 0. The number of piperidine rings is 1. The Morgan fingerprint density at radius 2 is 1.94 bits per heavy atom. The van der Waals surface area contributed by atoms with Crippen LogP contribution in [0, 0.1) is 0 Å². The molecule has 0 aliphatic carbocycles. The topological polar surface area (TPSA) is 49.4 Å². The fourth-order valence-electron chi connectivity index (χ4n) is 1.75. The van der Waals surface area contributed by atoms with E-state index in [1.165, 1.54) is 0 Å². The summed E-state index contributed by atoms with van der Waals surface area (Å²) >= 11 is 3.49. The SMILES string of the molecule is CCC(Br)CCNS(=O)(=O)N1CCCCC1. The maximum Gasteiger partial charge on any atom is 0.279 e. The molecule has 0 aromatic heterocycles. The summed E-state index contributed by atoms with van der Waals surface area (Å²) in [6.07, 6.45) is 4.97. The number of hydrogen-bond acceptors (Lipinski definition) is 2. The van der Waals surface area contributed by atoms with Gasteiger partial charge in [0.05, 0.1) is 0 Å². The molecule has 1 aliphatic rings. The second-order valence-corrected chi connectivity index (χ2v) is 7.20. The molecule has 0 aromatic rings. The van der Waals surface area contributed by atoms with Gasteiger partial charge in [-0.15, -0.1) is 0 Å². The molecule has 1 N–H and O–H groups in total. The quantitative estimate of drug-likeness (QED) is 0.761. The second-order valence-electron chi connectivity index (χ2n) is 4.15. The van der Waals surface area contributed by atoms with Gasteiger partial charge in [0.15, 0.2) is 0 Å². The zero-order valence-electron chi connectivity index (χ0n) is 9.78. The summed E-state index contributed by atoms with van der Waals surface area (Å²) in [4.78, 5) is 0.400. The first-order valence-electron chi connectivity index (χ1n) is 5.95. The molecule has 1 unspecified atom stereocenters. The molecular weight excluding hydrogens is 292 g/mol. The summed E-state index contributed by atoms with van der Waals surface area (Å²) in [6.45, 7) is 3.93. The van der Waals surface area contributed by atoms with Crippen molar-refractivity contribution < 1.29 is 8.42 Å². The van der Waals surface area contributed by atoms with Crippen LogP contribution in [0.3, 0.4) is 0 Å². The smallest absolute Gasteiger partial charge is 0.202 e. The third-order valence-corrected chi connectivity index (χ3v) is 5.56. The van der Waals surface area contributed by atoms with E-state index in [4.69, 9.17) is 0 Å². The molecule has 4 nitrogen and oxygen atoms in total. The lowest BCUT2D eigenvalue weighted by Gasteiger charge is -2.26. The average Bonchev–Trinajstić information content (AvgIpc) is 2.30. The zero-order valence-corrected chi connectivity index (χ0v) is 12.2. The number of hydrogen-bond donors (Lipinski definition) is 1. The van der Waals surface area contributed by atoms with Gasteiger partial charge in [0.2, 0.25) is 0 Å². The van der Waals surface area contributed by atoms with Crippen LogP contribution in [0.25, 0.3) is 0 Å². The van der Waals surface area contributed by atoms with Crippen molar-refractivity contribution in [1.29, 1.82) is 0 Å². The monoisotopic (exact) mass is 312 g/mol. The minimum Gasteiger partial charge on any atom is -0.202 e. The van der Waals surface area contributed by atoms with Crippen LogP contribution in [0.5, 0.6) is 0 Å². The lowest BCUT2D eigenvalue weighted by molar-refractivity contribution is 0.341. The van der Waals surface area contributed by atoms with Gasteiger partial charge in [-0.05, 0) is 25.7 Å². The Morgan fingerprint density at radius 1 is 1.31 bits per heavy atom. The molecule has 0 bridgehead atoms. The lowest BCUT2D eigenvalue weighted by Crippen LogP contribution is -2.43. The molecule has 16 heavy (non-hydrogen) atoms. The Bertz CT molecular complexity index is 289. The fraction of sp³-hybridized carbons (Fsp3) is 1.00. The highest BCUT2D eigenvalue weighted by atomic mass is 79.9. The van der Waals surface area contributed by atoms with Gasteiger partial charge in [0.1, 0.15) is 0 Å². The third-order valence-electron chi connectivity index (χ3n) is 2.84. The van der Waals surface area contributed by atoms with Crippen LogP contribution < -0.4 is 4.72 Å². The minimum absolute atomic E-state index is 0.400. The van der Waals surface area contributed by atoms with Crippen LogP contribution in [0.15, 0.2) is 0 Å². The maximum atomic E-state index is 11.9. The van der Waals surface area contributed by atoms with E-state index in [-0.39, 0.29) is 0 Å². The average molecular weight is 313 g/mol. The molecule has 0 amide bonds. The Labute approximate surface area is 107 Å². The zero-order chi connectivity index (χ0) is 12.0. The summed E-state index contributed by atoms with van der Waals surface area (Å²) < 4.78 is 27.9. The number of rotatable bonds is 6. The number of nitrogens with zero attached hydrogens (tertiary/aromatic N) is 1. The molecule has 1 aliphatic heterocycles. The van der Waals surface area contributed by atoms with Gasteiger partial charge in [-0.3, -0.25) is 0 Å². The standard InChI is InChI=1S/C10H21BrN2O2S/c1-2-10(11)6-7-12-16(14,15)13-8-4-3-5-9-13/h10,12H,2-9H2,1H3. The van der Waals surface area contributed by atoms with E-state index in [0.29, 0.717) is 24.5 Å². The van der Waals surface area contributed by atoms with Gasteiger partial charge < -0.3 is 0 Å². The fourth-order valence-corrected chi connectivity index (χ4v) is 3.27. The Balaban J connectivity index is 2.33. The molecule has 1 fully saturated rings. The molecule has 96 valence electrons. The Morgan fingerprint density at radius 3 is 2.50 bits per heavy atom. The van der Waals surface area contributed by atoms with Crippen LogP contribution in [-0.4, -0.2) is 37.2 Å². The predicted molar refractivity (Wildman–Crippen MR) is 70.0 cm³/mol. The normalized spacial score (nSPS) is 20.9. The highest BCUT2D eigenvalue weighted by Gasteiger charge is 2.23. The van der Waals surface area contributed by atoms with Gasteiger partial charge in [-0.25, -0.2) is 4.72 Å². The van der Waals surface area contributed by atoms with E-state index < -0.39 is 10.2 Å². The van der Waals surface area contributed by atoms with Crippen molar-refractivity contribution in [2.75, 3.05) is 19.6 Å². The van der Waals surface area contributed by atoms with E-state index >= 15 is 0 Å².